The van der Waals surface area contributed by atoms with Gasteiger partial charge in [0.25, 0.3) is 0 Å². The molecular formula is C8H7F. The van der Waals surface area contributed by atoms with Crippen molar-refractivity contribution in [3.05, 3.63) is 41.4 Å². The molecule has 0 spiro atoms. The highest BCUT2D eigenvalue weighted by Crippen LogP contribution is 2.04. The third-order valence-corrected chi connectivity index (χ3v) is 1.04. The normalized spacial score (nSPS) is 16.7. The molecule has 0 saturated heterocycles. The van der Waals surface area contributed by atoms with Crippen molar-refractivity contribution in [3.63, 3.8) is 0 Å². The fraction of sp³-hybridized carbons (Fsp3) is 0.125. The summed E-state index contributed by atoms with van der Waals surface area (Å²) in [5.41, 5.74) is 3.48. The van der Waals surface area contributed by atoms with Gasteiger partial charge in [-0.15, -0.1) is 0 Å². The number of hydrogen-bond donors (Lipinski definition) is 0. The molecule has 9 heavy (non-hydrogen) atoms. The lowest BCUT2D eigenvalue weighted by Crippen LogP contribution is -1.59. The number of rotatable bonds is 0. The molecule has 0 aliphatic heterocycles. The maximum atomic E-state index is 12.3. The molecule has 0 aromatic rings. The summed E-state index contributed by atoms with van der Waals surface area (Å²) in [7, 11) is 0. The molecule has 46 valence electrons. The Labute approximate surface area is 53.7 Å². The molecule has 0 amide bonds. The maximum absolute atomic E-state index is 12.3. The fourth-order valence-corrected chi connectivity index (χ4v) is 0.563. The Hall–Kier alpha value is -1.07. The number of halogens is 1. The topological polar surface area (TPSA) is 0 Å². The van der Waals surface area contributed by atoms with Gasteiger partial charge < -0.3 is 0 Å². The van der Waals surface area contributed by atoms with Crippen LogP contribution in [0.1, 0.15) is 6.92 Å². The first-order chi connectivity index (χ1) is 4.29. The second-order valence-corrected chi connectivity index (χ2v) is 1.91. The molecule has 1 aliphatic carbocycles. The smallest absolute Gasteiger partial charge is 0.165 e. The molecule has 0 radical (unpaired) electrons. The predicted molar refractivity (Wildman–Crippen MR) is 35.6 cm³/mol. The lowest BCUT2D eigenvalue weighted by molar-refractivity contribution is 0.669. The van der Waals surface area contributed by atoms with Crippen molar-refractivity contribution in [2.75, 3.05) is 0 Å². The monoisotopic (exact) mass is 122 g/mol. The highest BCUT2D eigenvalue weighted by atomic mass is 19.1. The van der Waals surface area contributed by atoms with E-state index in [1.165, 1.54) is 6.08 Å². The van der Waals surface area contributed by atoms with Gasteiger partial charge in [0, 0.05) is 0 Å². The molecule has 0 N–H and O–H groups in total. The Morgan fingerprint density at radius 2 is 2.33 bits per heavy atom. The summed E-state index contributed by atoms with van der Waals surface area (Å²) < 4.78 is 12.3. The standard InChI is InChI=1S/C8H7F/c1-7-3-2-4-8(9)6-5-7/h2-5H,1H3. The molecule has 0 bridgehead atoms. The van der Waals surface area contributed by atoms with E-state index in [0.717, 1.165) is 5.57 Å². The van der Waals surface area contributed by atoms with Gasteiger partial charge in [-0.1, -0.05) is 17.9 Å². The predicted octanol–water partition coefficient (Wildman–Crippen LogP) is 2.51. The van der Waals surface area contributed by atoms with Gasteiger partial charge in [0.05, 0.1) is 0 Å². The van der Waals surface area contributed by atoms with Crippen molar-refractivity contribution in [2.24, 2.45) is 0 Å². The van der Waals surface area contributed by atoms with E-state index in [-0.39, 0.29) is 5.83 Å². The second kappa shape index (κ2) is 2.47. The third-order valence-electron chi connectivity index (χ3n) is 1.04. The molecule has 0 nitrogen and oxygen atoms in total. The molecule has 0 unspecified atom stereocenters. The lowest BCUT2D eigenvalue weighted by Gasteiger charge is -1.78. The minimum atomic E-state index is -0.317. The van der Waals surface area contributed by atoms with Gasteiger partial charge in [-0.25, -0.2) is 0 Å². The van der Waals surface area contributed by atoms with Crippen LogP contribution in [0.15, 0.2) is 41.4 Å². The number of hydrogen-bond acceptors (Lipinski definition) is 0. The molecular weight excluding hydrogens is 115 g/mol. The van der Waals surface area contributed by atoms with E-state index in [4.69, 9.17) is 0 Å². The minimum absolute atomic E-state index is 0.317. The van der Waals surface area contributed by atoms with Crippen LogP contribution in [0.3, 0.4) is 0 Å². The SMILES string of the molecule is CC1=CC=CC(F)=C=C1. The Bertz CT molecular complexity index is 225. The molecule has 1 heteroatoms. The van der Waals surface area contributed by atoms with Crippen LogP contribution in [-0.2, 0) is 0 Å². The second-order valence-electron chi connectivity index (χ2n) is 1.91. The van der Waals surface area contributed by atoms with Crippen molar-refractivity contribution in [1.82, 2.24) is 0 Å². The zero-order valence-electron chi connectivity index (χ0n) is 5.19. The van der Waals surface area contributed by atoms with Gasteiger partial charge >= 0.3 is 0 Å². The average molecular weight is 122 g/mol. The Morgan fingerprint density at radius 1 is 1.56 bits per heavy atom. The van der Waals surface area contributed by atoms with E-state index in [0.29, 0.717) is 0 Å². The van der Waals surface area contributed by atoms with E-state index < -0.39 is 0 Å². The Morgan fingerprint density at radius 3 is 3.11 bits per heavy atom. The zero-order chi connectivity index (χ0) is 6.69. The molecule has 0 aromatic carbocycles. The van der Waals surface area contributed by atoms with Crippen molar-refractivity contribution in [3.8, 4) is 0 Å². The van der Waals surface area contributed by atoms with Crippen LogP contribution in [0, 0.1) is 0 Å². The van der Waals surface area contributed by atoms with Gasteiger partial charge in [0.15, 0.2) is 5.83 Å². The average Bonchev–Trinajstić information content (AvgIpc) is 1.97. The third kappa shape index (κ3) is 1.71. The first-order valence-corrected chi connectivity index (χ1v) is 2.76. The van der Waals surface area contributed by atoms with Crippen molar-refractivity contribution < 1.29 is 4.39 Å². The van der Waals surface area contributed by atoms with Crippen LogP contribution >= 0.6 is 0 Å². The van der Waals surface area contributed by atoms with Crippen LogP contribution in [0.25, 0.3) is 0 Å². The van der Waals surface area contributed by atoms with Crippen LogP contribution in [0.2, 0.25) is 0 Å². The first-order valence-electron chi connectivity index (χ1n) is 2.76. The molecule has 0 aromatic heterocycles. The van der Waals surface area contributed by atoms with E-state index >= 15 is 0 Å². The highest BCUT2D eigenvalue weighted by molar-refractivity contribution is 5.29. The Kier molecular flexibility index (Phi) is 1.66. The van der Waals surface area contributed by atoms with Gasteiger partial charge in [0.2, 0.25) is 0 Å². The van der Waals surface area contributed by atoms with Crippen LogP contribution in [0.5, 0.6) is 0 Å². The van der Waals surface area contributed by atoms with E-state index in [9.17, 15) is 4.39 Å². The lowest BCUT2D eigenvalue weighted by atomic mass is 10.3. The van der Waals surface area contributed by atoms with Gasteiger partial charge in [-0.2, -0.15) is 4.39 Å². The summed E-state index contributed by atoms with van der Waals surface area (Å²) in [4.78, 5) is 0. The molecule has 1 rings (SSSR count). The first kappa shape index (κ1) is 6.06. The summed E-state index contributed by atoms with van der Waals surface area (Å²) in [5.74, 6) is -0.317. The number of allylic oxidation sites excluding steroid dienone is 5. The molecule has 0 fully saturated rings. The van der Waals surface area contributed by atoms with Gasteiger partial charge in [-0.05, 0) is 24.6 Å². The van der Waals surface area contributed by atoms with Crippen LogP contribution < -0.4 is 0 Å². The molecule has 0 saturated carbocycles. The minimum Gasteiger partial charge on any atom is -0.198 e. The van der Waals surface area contributed by atoms with Crippen molar-refractivity contribution in [2.45, 2.75) is 6.92 Å². The van der Waals surface area contributed by atoms with Gasteiger partial charge in [0.1, 0.15) is 0 Å². The fourth-order valence-electron chi connectivity index (χ4n) is 0.563. The molecule has 0 atom stereocenters. The summed E-state index contributed by atoms with van der Waals surface area (Å²) in [6.45, 7) is 1.90. The summed E-state index contributed by atoms with van der Waals surface area (Å²) >= 11 is 0. The molecule has 1 aliphatic rings. The van der Waals surface area contributed by atoms with Crippen LogP contribution in [0.4, 0.5) is 4.39 Å². The van der Waals surface area contributed by atoms with Crippen molar-refractivity contribution in [1.29, 1.82) is 0 Å². The summed E-state index contributed by atoms with van der Waals surface area (Å²) in [5, 5.41) is 0. The zero-order valence-corrected chi connectivity index (χ0v) is 5.19. The largest absolute Gasteiger partial charge is 0.198 e. The highest BCUT2D eigenvalue weighted by Gasteiger charge is 1.85. The van der Waals surface area contributed by atoms with E-state index in [1.54, 1.807) is 12.2 Å². The van der Waals surface area contributed by atoms with E-state index in [1.807, 2.05) is 13.0 Å². The van der Waals surface area contributed by atoms with Crippen LogP contribution in [-0.4, -0.2) is 0 Å². The molecule has 0 heterocycles. The van der Waals surface area contributed by atoms with Gasteiger partial charge in [-0.3, -0.25) is 0 Å². The van der Waals surface area contributed by atoms with Crippen molar-refractivity contribution >= 4 is 0 Å². The van der Waals surface area contributed by atoms with E-state index in [2.05, 4.69) is 5.73 Å². The maximum Gasteiger partial charge on any atom is 0.165 e. The summed E-state index contributed by atoms with van der Waals surface area (Å²) in [6.07, 6.45) is 6.50. The summed E-state index contributed by atoms with van der Waals surface area (Å²) in [6, 6.07) is 0. The quantitative estimate of drug-likeness (QED) is 0.433. The Balaban J connectivity index is 3.01.